The molecule has 1 aromatic rings. The fourth-order valence-corrected chi connectivity index (χ4v) is 3.94. The lowest BCUT2D eigenvalue weighted by molar-refractivity contribution is -0.144. The van der Waals surface area contributed by atoms with Crippen molar-refractivity contribution in [2.24, 2.45) is 10.9 Å². The van der Waals surface area contributed by atoms with Gasteiger partial charge in [0.05, 0.1) is 38.2 Å². The summed E-state index contributed by atoms with van der Waals surface area (Å²) in [4.78, 5) is 32.3. The first-order chi connectivity index (χ1) is 14.3. The number of nitrogens with zero attached hydrogens (tertiary/aromatic N) is 2. The molecule has 2 unspecified atom stereocenters. The van der Waals surface area contributed by atoms with Gasteiger partial charge in [0.2, 0.25) is 0 Å². The Morgan fingerprint density at radius 3 is 2.53 bits per heavy atom. The van der Waals surface area contributed by atoms with Crippen molar-refractivity contribution in [2.75, 3.05) is 47.6 Å². The van der Waals surface area contributed by atoms with Gasteiger partial charge in [-0.05, 0) is 39.6 Å². The molecule has 0 saturated heterocycles. The highest BCUT2D eigenvalue weighted by atomic mass is 79.9. The van der Waals surface area contributed by atoms with Gasteiger partial charge in [0.15, 0.2) is 0 Å². The predicted molar refractivity (Wildman–Crippen MR) is 119 cm³/mol. The maximum atomic E-state index is 13.0. The Kier molecular flexibility index (Phi) is 9.20. The van der Waals surface area contributed by atoms with Gasteiger partial charge in [-0.1, -0.05) is 34.1 Å². The van der Waals surface area contributed by atoms with E-state index >= 15 is 0 Å². The molecule has 0 aromatic heterocycles. The van der Waals surface area contributed by atoms with E-state index in [1.54, 1.807) is 13.8 Å². The van der Waals surface area contributed by atoms with Crippen LogP contribution in [0.25, 0.3) is 0 Å². The van der Waals surface area contributed by atoms with Crippen LogP contribution in [0, 0.1) is 5.92 Å². The van der Waals surface area contributed by atoms with Crippen LogP contribution in [0.2, 0.25) is 0 Å². The molecule has 164 valence electrons. The fraction of sp³-hybridized carbons (Fsp3) is 0.500. The molecule has 8 heteroatoms. The maximum absolute atomic E-state index is 13.0. The van der Waals surface area contributed by atoms with E-state index in [1.807, 2.05) is 43.3 Å². The molecule has 30 heavy (non-hydrogen) atoms. The monoisotopic (exact) mass is 480 g/mol. The second kappa shape index (κ2) is 11.4. The van der Waals surface area contributed by atoms with Gasteiger partial charge in [-0.25, -0.2) is 4.79 Å². The quantitative estimate of drug-likeness (QED) is 0.398. The van der Waals surface area contributed by atoms with Crippen LogP contribution in [0.5, 0.6) is 0 Å². The number of halogens is 1. The normalized spacial score (nSPS) is 19.0. The lowest BCUT2D eigenvalue weighted by Gasteiger charge is -2.32. The molecule has 0 saturated carbocycles. The van der Waals surface area contributed by atoms with E-state index in [4.69, 9.17) is 14.2 Å². The lowest BCUT2D eigenvalue weighted by atomic mass is 9.75. The van der Waals surface area contributed by atoms with Crippen LogP contribution in [0.3, 0.4) is 0 Å². The summed E-state index contributed by atoms with van der Waals surface area (Å²) in [7, 11) is 5.25. The molecule has 7 nitrogen and oxygen atoms in total. The molecule has 0 amide bonds. The van der Waals surface area contributed by atoms with Gasteiger partial charge in [-0.2, -0.15) is 0 Å². The molecule has 0 aliphatic carbocycles. The van der Waals surface area contributed by atoms with Crippen molar-refractivity contribution in [3.63, 3.8) is 0 Å². The number of ether oxygens (including phenoxy) is 3. The van der Waals surface area contributed by atoms with Crippen LogP contribution in [-0.4, -0.2) is 70.1 Å². The summed E-state index contributed by atoms with van der Waals surface area (Å²) in [5.74, 6) is -2.29. The number of rotatable bonds is 9. The summed E-state index contributed by atoms with van der Waals surface area (Å²) in [5, 5.41) is 0. The number of benzene rings is 1. The summed E-state index contributed by atoms with van der Waals surface area (Å²) in [5.41, 5.74) is 2.16. The molecule has 0 spiro atoms. The van der Waals surface area contributed by atoms with Crippen molar-refractivity contribution in [3.8, 4) is 0 Å². The Morgan fingerprint density at radius 1 is 1.23 bits per heavy atom. The number of methoxy groups -OCH3 is 1. The largest absolute Gasteiger partial charge is 0.468 e. The SMILES string of the molecule is CCOC(=O)C1=C(COCCN(C)C)N=C(C)C(C(=O)OC)C1c1ccccc1Br. The maximum Gasteiger partial charge on any atom is 0.336 e. The molecule has 0 radical (unpaired) electrons. The summed E-state index contributed by atoms with van der Waals surface area (Å²) < 4.78 is 17.0. The van der Waals surface area contributed by atoms with Crippen LogP contribution in [0.15, 0.2) is 45.0 Å². The molecule has 1 heterocycles. The number of aliphatic imine (C=N–C) groups is 1. The third-order valence-corrected chi connectivity index (χ3v) is 5.55. The fourth-order valence-electron chi connectivity index (χ4n) is 3.41. The summed E-state index contributed by atoms with van der Waals surface area (Å²) >= 11 is 3.56. The number of hydrogen-bond acceptors (Lipinski definition) is 7. The zero-order chi connectivity index (χ0) is 22.3. The molecule has 2 rings (SSSR count). The average molecular weight is 481 g/mol. The van der Waals surface area contributed by atoms with Gasteiger partial charge < -0.3 is 19.1 Å². The van der Waals surface area contributed by atoms with Crippen molar-refractivity contribution in [3.05, 3.63) is 45.6 Å². The van der Waals surface area contributed by atoms with Crippen LogP contribution in [0.4, 0.5) is 0 Å². The minimum atomic E-state index is -0.737. The number of carbonyl (C=O) groups excluding carboxylic acids is 2. The van der Waals surface area contributed by atoms with Crippen LogP contribution in [0.1, 0.15) is 25.3 Å². The smallest absolute Gasteiger partial charge is 0.336 e. The van der Waals surface area contributed by atoms with Crippen molar-refractivity contribution < 1.29 is 23.8 Å². The van der Waals surface area contributed by atoms with E-state index in [9.17, 15) is 9.59 Å². The molecular formula is C22H29BrN2O5. The van der Waals surface area contributed by atoms with E-state index in [0.29, 0.717) is 23.6 Å². The highest BCUT2D eigenvalue weighted by Crippen LogP contribution is 2.42. The van der Waals surface area contributed by atoms with Crippen LogP contribution >= 0.6 is 15.9 Å². The van der Waals surface area contributed by atoms with Crippen LogP contribution in [-0.2, 0) is 23.8 Å². The number of carbonyl (C=O) groups is 2. The topological polar surface area (TPSA) is 77.4 Å². The van der Waals surface area contributed by atoms with E-state index in [2.05, 4.69) is 20.9 Å². The van der Waals surface area contributed by atoms with Crippen LogP contribution < -0.4 is 0 Å². The van der Waals surface area contributed by atoms with Crippen molar-refractivity contribution in [1.82, 2.24) is 4.90 Å². The first-order valence-electron chi connectivity index (χ1n) is 9.81. The van der Waals surface area contributed by atoms with E-state index in [1.165, 1.54) is 7.11 Å². The first kappa shape index (κ1) is 24.2. The van der Waals surface area contributed by atoms with E-state index in [-0.39, 0.29) is 13.2 Å². The molecular weight excluding hydrogens is 452 g/mol. The van der Waals surface area contributed by atoms with Crippen molar-refractivity contribution in [2.45, 2.75) is 19.8 Å². The van der Waals surface area contributed by atoms with Gasteiger partial charge in [0, 0.05) is 22.6 Å². The number of hydrogen-bond donors (Lipinski definition) is 0. The third-order valence-electron chi connectivity index (χ3n) is 4.83. The van der Waals surface area contributed by atoms with Crippen molar-refractivity contribution >= 4 is 33.6 Å². The number of likely N-dealkylation sites (N-methyl/N-ethyl adjacent to an activating group) is 1. The van der Waals surface area contributed by atoms with E-state index in [0.717, 1.165) is 16.6 Å². The first-order valence-corrected chi connectivity index (χ1v) is 10.6. The molecule has 0 bridgehead atoms. The van der Waals surface area contributed by atoms with Gasteiger partial charge in [0.1, 0.15) is 5.92 Å². The molecule has 1 aromatic carbocycles. The molecule has 1 aliphatic heterocycles. The summed E-state index contributed by atoms with van der Waals surface area (Å²) in [6.45, 7) is 5.10. The highest BCUT2D eigenvalue weighted by Gasteiger charge is 2.43. The average Bonchev–Trinajstić information content (AvgIpc) is 2.70. The van der Waals surface area contributed by atoms with Gasteiger partial charge in [-0.15, -0.1) is 0 Å². The Labute approximate surface area is 186 Å². The second-order valence-corrected chi connectivity index (χ2v) is 8.04. The van der Waals surface area contributed by atoms with Crippen molar-refractivity contribution in [1.29, 1.82) is 0 Å². The number of esters is 2. The molecule has 2 atom stereocenters. The Hall–Kier alpha value is -2.03. The van der Waals surface area contributed by atoms with Gasteiger partial charge >= 0.3 is 11.9 Å². The minimum absolute atomic E-state index is 0.147. The van der Waals surface area contributed by atoms with Gasteiger partial charge in [0.25, 0.3) is 0 Å². The second-order valence-electron chi connectivity index (χ2n) is 7.19. The zero-order valence-electron chi connectivity index (χ0n) is 18.1. The molecule has 0 fully saturated rings. The minimum Gasteiger partial charge on any atom is -0.468 e. The predicted octanol–water partition coefficient (Wildman–Crippen LogP) is 3.19. The standard InChI is InChI=1S/C22H29BrN2O5/c1-6-30-22(27)20-17(13-29-12-11-25(3)4)24-14(2)18(21(26)28-5)19(20)15-9-7-8-10-16(15)23/h7-10,18-19H,6,11-13H2,1-5H3. The molecule has 0 N–H and O–H groups in total. The zero-order valence-corrected chi connectivity index (χ0v) is 19.7. The Morgan fingerprint density at radius 2 is 1.93 bits per heavy atom. The Bertz CT molecular complexity index is 835. The van der Waals surface area contributed by atoms with Gasteiger partial charge in [-0.3, -0.25) is 9.79 Å². The Balaban J connectivity index is 2.58. The molecule has 1 aliphatic rings. The lowest BCUT2D eigenvalue weighted by Crippen LogP contribution is -2.37. The highest BCUT2D eigenvalue weighted by molar-refractivity contribution is 9.10. The third kappa shape index (κ3) is 5.77. The van der Waals surface area contributed by atoms with E-state index < -0.39 is 23.8 Å². The summed E-state index contributed by atoms with van der Waals surface area (Å²) in [6.07, 6.45) is 0. The summed E-state index contributed by atoms with van der Waals surface area (Å²) in [6, 6.07) is 7.50.